The van der Waals surface area contributed by atoms with E-state index in [2.05, 4.69) is 97.5 Å². The molecule has 1 atom stereocenters. The number of imide groups is 1. The predicted molar refractivity (Wildman–Crippen MR) is 217 cm³/mol. The molecule has 0 bridgehead atoms. The Kier molecular flexibility index (Phi) is 11.6. The Hall–Kier alpha value is -4.44. The van der Waals surface area contributed by atoms with E-state index in [0.29, 0.717) is 35.5 Å². The molecule has 3 aliphatic rings. The van der Waals surface area contributed by atoms with E-state index >= 15 is 0 Å². The van der Waals surface area contributed by atoms with Crippen molar-refractivity contribution in [2.75, 3.05) is 86.7 Å². The fourth-order valence-corrected chi connectivity index (χ4v) is 8.70. The van der Waals surface area contributed by atoms with Gasteiger partial charge in [0.25, 0.3) is 0 Å². The molecular formula is C40H48ClN8O3P. The molecule has 3 aliphatic heterocycles. The zero-order chi connectivity index (χ0) is 36.9. The zero-order valence-electron chi connectivity index (χ0n) is 30.6. The average Bonchev–Trinajstić information content (AvgIpc) is 3.17. The fraction of sp³-hybridized carbons (Fsp3) is 0.400. The Bertz CT molecular complexity index is 1910. The number of halogens is 1. The molecule has 1 aromatic heterocycles. The van der Waals surface area contributed by atoms with E-state index in [0.717, 1.165) is 74.2 Å². The first-order valence-corrected chi connectivity index (χ1v) is 21.0. The van der Waals surface area contributed by atoms with E-state index in [9.17, 15) is 9.59 Å². The van der Waals surface area contributed by atoms with Crippen LogP contribution >= 0.6 is 19.5 Å². The molecule has 0 spiro atoms. The smallest absolute Gasteiger partial charge is 0.234 e. The van der Waals surface area contributed by atoms with E-state index in [1.165, 1.54) is 23.8 Å². The van der Waals surface area contributed by atoms with Crippen LogP contribution in [-0.4, -0.2) is 92.9 Å². The summed E-state index contributed by atoms with van der Waals surface area (Å²) >= 11 is 6.51. The van der Waals surface area contributed by atoms with Gasteiger partial charge in [-0.05, 0) is 79.7 Å². The van der Waals surface area contributed by atoms with Gasteiger partial charge in [0.2, 0.25) is 17.8 Å². The van der Waals surface area contributed by atoms with Crippen LogP contribution in [0.1, 0.15) is 37.2 Å². The number of piperazine rings is 1. The lowest BCUT2D eigenvalue weighted by Gasteiger charge is -2.40. The van der Waals surface area contributed by atoms with Gasteiger partial charge in [-0.2, -0.15) is 4.98 Å². The maximum absolute atomic E-state index is 12.3. The molecule has 278 valence electrons. The fourth-order valence-electron chi connectivity index (χ4n) is 7.57. The van der Waals surface area contributed by atoms with Crippen LogP contribution < -0.4 is 35.8 Å². The molecule has 53 heavy (non-hydrogen) atoms. The zero-order valence-corrected chi connectivity index (χ0v) is 32.3. The van der Waals surface area contributed by atoms with E-state index in [1.54, 1.807) is 13.3 Å². The number of amides is 2. The van der Waals surface area contributed by atoms with Gasteiger partial charge in [0, 0.05) is 75.4 Å². The van der Waals surface area contributed by atoms with Crippen LogP contribution in [0.3, 0.4) is 0 Å². The number of ether oxygens (including phenoxy) is 1. The summed E-state index contributed by atoms with van der Waals surface area (Å²) in [6.07, 6.45) is 4.93. The summed E-state index contributed by atoms with van der Waals surface area (Å²) in [6, 6.07) is 22.8. The number of para-hydroxylation sites is 1. The second kappa shape index (κ2) is 16.7. The molecule has 13 heteroatoms. The number of methoxy groups -OCH3 is 1. The first-order valence-electron chi connectivity index (χ1n) is 18.4. The van der Waals surface area contributed by atoms with Crippen molar-refractivity contribution in [1.29, 1.82) is 0 Å². The molecule has 3 N–H and O–H groups in total. The predicted octanol–water partition coefficient (Wildman–Crippen LogP) is 6.55. The Morgan fingerprint density at radius 3 is 2.30 bits per heavy atom. The van der Waals surface area contributed by atoms with Crippen molar-refractivity contribution in [3.8, 4) is 5.75 Å². The topological polar surface area (TPSA) is 115 Å². The van der Waals surface area contributed by atoms with Gasteiger partial charge in [0.15, 0.2) is 5.82 Å². The lowest BCUT2D eigenvalue weighted by molar-refractivity contribution is -0.134. The van der Waals surface area contributed by atoms with Crippen molar-refractivity contribution in [2.45, 2.75) is 31.6 Å². The molecule has 3 aromatic carbocycles. The van der Waals surface area contributed by atoms with Gasteiger partial charge < -0.3 is 25.2 Å². The highest BCUT2D eigenvalue weighted by Gasteiger charge is 2.29. The molecule has 7 rings (SSSR count). The number of hydrogen-bond acceptors (Lipinski definition) is 10. The van der Waals surface area contributed by atoms with Crippen LogP contribution in [0.5, 0.6) is 5.75 Å². The van der Waals surface area contributed by atoms with Gasteiger partial charge in [-0.1, -0.05) is 49.9 Å². The minimum absolute atomic E-state index is 0.175. The summed E-state index contributed by atoms with van der Waals surface area (Å²) in [6.45, 7) is 11.6. The Labute approximate surface area is 318 Å². The van der Waals surface area contributed by atoms with Crippen LogP contribution in [0.25, 0.3) is 0 Å². The highest BCUT2D eigenvalue weighted by molar-refractivity contribution is 7.64. The molecule has 0 radical (unpaired) electrons. The number of hydrogen-bond donors (Lipinski definition) is 3. The van der Waals surface area contributed by atoms with Crippen molar-refractivity contribution >= 4 is 71.2 Å². The number of nitrogens with one attached hydrogen (secondary N) is 3. The summed E-state index contributed by atoms with van der Waals surface area (Å²) < 4.78 is 5.82. The van der Waals surface area contributed by atoms with Crippen LogP contribution in [0, 0.1) is 5.92 Å². The van der Waals surface area contributed by atoms with E-state index in [-0.39, 0.29) is 25.7 Å². The van der Waals surface area contributed by atoms with Gasteiger partial charge in [-0.3, -0.25) is 19.8 Å². The summed E-state index contributed by atoms with van der Waals surface area (Å²) in [5.41, 5.74) is 5.10. The first kappa shape index (κ1) is 36.9. The summed E-state index contributed by atoms with van der Waals surface area (Å²) in [5, 5.41) is 10.9. The van der Waals surface area contributed by atoms with Gasteiger partial charge in [-0.15, -0.1) is 0 Å². The van der Waals surface area contributed by atoms with E-state index in [1.807, 2.05) is 18.2 Å². The normalized spacial score (nSPS) is 18.6. The molecule has 0 aliphatic carbocycles. The van der Waals surface area contributed by atoms with Crippen molar-refractivity contribution in [3.63, 3.8) is 0 Å². The minimum Gasteiger partial charge on any atom is -0.494 e. The van der Waals surface area contributed by atoms with Crippen LogP contribution in [0.4, 0.5) is 34.5 Å². The Balaban J connectivity index is 0.892. The van der Waals surface area contributed by atoms with Gasteiger partial charge in [0.05, 0.1) is 24.9 Å². The third-order valence-electron chi connectivity index (χ3n) is 10.6. The molecule has 1 unspecified atom stereocenters. The molecule has 3 saturated heterocycles. The quantitative estimate of drug-likeness (QED) is 0.115. The maximum Gasteiger partial charge on any atom is 0.234 e. The van der Waals surface area contributed by atoms with Crippen LogP contribution in [0.2, 0.25) is 5.02 Å². The lowest BCUT2D eigenvalue weighted by atomic mass is 9.90. The molecular weight excluding hydrogens is 707 g/mol. The number of piperidine rings is 2. The average molecular weight is 755 g/mol. The molecule has 0 saturated carbocycles. The van der Waals surface area contributed by atoms with Gasteiger partial charge in [0.1, 0.15) is 10.8 Å². The number of rotatable bonds is 11. The van der Waals surface area contributed by atoms with Crippen molar-refractivity contribution in [2.24, 2.45) is 5.92 Å². The molecule has 4 heterocycles. The third-order valence-corrected chi connectivity index (χ3v) is 12.2. The lowest BCUT2D eigenvalue weighted by Crippen LogP contribution is -2.49. The van der Waals surface area contributed by atoms with E-state index < -0.39 is 0 Å². The molecule has 2 amide bonds. The van der Waals surface area contributed by atoms with Crippen LogP contribution in [-0.2, 0) is 9.59 Å². The third kappa shape index (κ3) is 8.86. The van der Waals surface area contributed by atoms with Gasteiger partial charge >= 0.3 is 0 Å². The maximum atomic E-state index is 12.3. The van der Waals surface area contributed by atoms with Crippen molar-refractivity contribution in [3.05, 3.63) is 83.5 Å². The first-order chi connectivity index (χ1) is 25.7. The Morgan fingerprint density at radius 1 is 0.868 bits per heavy atom. The minimum atomic E-state index is -0.309. The molecule has 3 fully saturated rings. The molecule has 4 aromatic rings. The standard InChI is InChI=1S/C40H48ClN8O3P/c1-52-35-24-30(12-14-33(35)44-40-42-25-32(41)38(46-40)43-34-6-4-5-7-36(34)53(2)3)49-22-20-47(21-23-49)26-27-16-18-48(19-17-27)29-10-8-28(9-11-29)31-13-15-37(50)45-39(31)51/h4-12,14,24-25,27,31H,13,15-23,26H2,1-3H3,(H,45,50,51)(H2,42,43,44,46). The second-order valence-corrected chi connectivity index (χ2v) is 16.9. The number of anilines is 6. The summed E-state index contributed by atoms with van der Waals surface area (Å²) in [5.74, 6) is 1.79. The number of benzene rings is 3. The summed E-state index contributed by atoms with van der Waals surface area (Å²) in [4.78, 5) is 40.4. The summed E-state index contributed by atoms with van der Waals surface area (Å²) in [7, 11) is 1.38. The largest absolute Gasteiger partial charge is 0.494 e. The van der Waals surface area contributed by atoms with E-state index in [4.69, 9.17) is 21.3 Å². The highest BCUT2D eigenvalue weighted by Crippen LogP contribution is 2.35. The monoisotopic (exact) mass is 754 g/mol. The number of aromatic nitrogens is 2. The van der Waals surface area contributed by atoms with Crippen molar-refractivity contribution in [1.82, 2.24) is 20.2 Å². The Morgan fingerprint density at radius 2 is 1.58 bits per heavy atom. The van der Waals surface area contributed by atoms with Crippen molar-refractivity contribution < 1.29 is 14.3 Å². The second-order valence-electron chi connectivity index (χ2n) is 14.2. The highest BCUT2D eigenvalue weighted by atomic mass is 35.5. The van der Waals surface area contributed by atoms with Gasteiger partial charge in [-0.25, -0.2) is 4.98 Å². The number of carbonyl (C=O) groups is 2. The SMILES string of the molecule is COc1cc(N2CCN(CC3CCN(c4ccc(C5CCC(=O)NC5=O)cc4)CC3)CC2)ccc1Nc1ncc(Cl)c(Nc2ccccc2P(C)C)n1. The molecule has 11 nitrogen and oxygen atoms in total. The number of nitrogens with zero attached hydrogens (tertiary/aromatic N) is 5. The number of carbonyl (C=O) groups excluding carboxylic acids is 2. The van der Waals surface area contributed by atoms with Crippen LogP contribution in [0.15, 0.2) is 72.9 Å².